The number of benzene rings is 1. The number of hydrogen-bond acceptors (Lipinski definition) is 5. The summed E-state index contributed by atoms with van der Waals surface area (Å²) in [6.07, 6.45) is 2.90. The van der Waals surface area contributed by atoms with Crippen LogP contribution in [0.3, 0.4) is 0 Å². The fourth-order valence-corrected chi connectivity index (χ4v) is 5.50. The maximum atomic E-state index is 13.1. The first-order valence-electron chi connectivity index (χ1n) is 10.7. The van der Waals surface area contributed by atoms with Gasteiger partial charge < -0.3 is 10.1 Å². The minimum absolute atomic E-state index is 0.239. The second-order valence-electron chi connectivity index (χ2n) is 9.09. The lowest BCUT2D eigenvalue weighted by atomic mass is 9.81. The van der Waals surface area contributed by atoms with Crippen LogP contribution in [0.4, 0.5) is 5.69 Å². The molecule has 1 aromatic carbocycles. The number of anilines is 1. The predicted octanol–water partition coefficient (Wildman–Crippen LogP) is 2.53. The molecule has 2 bridgehead atoms. The number of nitrogens with one attached hydrogen (secondary N) is 1. The molecule has 3 aliphatic rings. The quantitative estimate of drug-likeness (QED) is 0.573. The van der Waals surface area contributed by atoms with E-state index in [9.17, 15) is 19.2 Å². The Labute approximate surface area is 176 Å². The van der Waals surface area contributed by atoms with Gasteiger partial charge in [0.25, 0.3) is 5.91 Å². The molecule has 0 radical (unpaired) electrons. The molecule has 2 aliphatic carbocycles. The number of aryl methyl sites for hydroxylation is 1. The van der Waals surface area contributed by atoms with Crippen molar-refractivity contribution < 1.29 is 23.9 Å². The van der Waals surface area contributed by atoms with Gasteiger partial charge in [-0.25, -0.2) is 4.79 Å². The highest BCUT2D eigenvalue weighted by molar-refractivity contribution is 6.08. The number of likely N-dealkylation sites (tertiary alicyclic amines) is 1. The fraction of sp³-hybridized carbons (Fsp3) is 0.565. The molecular formula is C23H28N2O5. The molecule has 1 N–H and O–H groups in total. The number of fused-ring (bicyclic) bond motifs is 5. The van der Waals surface area contributed by atoms with Crippen LogP contribution in [0.25, 0.3) is 0 Å². The van der Waals surface area contributed by atoms with E-state index in [0.29, 0.717) is 5.69 Å². The van der Waals surface area contributed by atoms with Gasteiger partial charge in [-0.15, -0.1) is 0 Å². The Bertz CT molecular complexity index is 867. The van der Waals surface area contributed by atoms with Crippen molar-refractivity contribution in [3.63, 3.8) is 0 Å². The molecule has 0 aromatic heterocycles. The minimum atomic E-state index is -0.999. The highest BCUT2D eigenvalue weighted by Crippen LogP contribution is 2.56. The van der Waals surface area contributed by atoms with E-state index in [0.717, 1.165) is 29.7 Å². The Morgan fingerprint density at radius 3 is 2.27 bits per heavy atom. The van der Waals surface area contributed by atoms with Gasteiger partial charge in [0.1, 0.15) is 6.04 Å². The zero-order chi connectivity index (χ0) is 21.6. The number of nitrogens with zero attached hydrogens (tertiary/aromatic N) is 1. The molecule has 2 saturated carbocycles. The maximum absolute atomic E-state index is 13.1. The number of ether oxygens (including phenoxy) is 1. The van der Waals surface area contributed by atoms with E-state index in [1.54, 1.807) is 26.0 Å². The first-order valence-corrected chi connectivity index (χ1v) is 10.7. The van der Waals surface area contributed by atoms with Gasteiger partial charge in [-0.1, -0.05) is 32.0 Å². The summed E-state index contributed by atoms with van der Waals surface area (Å²) in [6, 6.07) is 6.30. The van der Waals surface area contributed by atoms with Crippen LogP contribution in [0.2, 0.25) is 0 Å². The van der Waals surface area contributed by atoms with Crippen LogP contribution >= 0.6 is 0 Å². The van der Waals surface area contributed by atoms with Gasteiger partial charge in [-0.3, -0.25) is 19.3 Å². The SMILES string of the molecule is Cc1ccccc1NC(=O)COC(=O)[C@H](C(C)C)N1C(=O)[C@H]2[C@@H]3CC[C@@H](C3)[C@@H]2C1=O. The van der Waals surface area contributed by atoms with E-state index >= 15 is 0 Å². The van der Waals surface area contributed by atoms with E-state index in [1.165, 1.54) is 0 Å². The molecule has 0 spiro atoms. The summed E-state index contributed by atoms with van der Waals surface area (Å²) in [5, 5.41) is 2.71. The van der Waals surface area contributed by atoms with E-state index in [2.05, 4.69) is 5.32 Å². The second kappa shape index (κ2) is 7.85. The molecule has 3 fully saturated rings. The fourth-order valence-electron chi connectivity index (χ4n) is 5.50. The van der Waals surface area contributed by atoms with Gasteiger partial charge in [0.15, 0.2) is 6.61 Å². The zero-order valence-electron chi connectivity index (χ0n) is 17.6. The van der Waals surface area contributed by atoms with Crippen molar-refractivity contribution in [1.82, 2.24) is 4.90 Å². The Morgan fingerprint density at radius 2 is 1.70 bits per heavy atom. The predicted molar refractivity (Wildman–Crippen MR) is 109 cm³/mol. The minimum Gasteiger partial charge on any atom is -0.454 e. The van der Waals surface area contributed by atoms with E-state index in [4.69, 9.17) is 4.74 Å². The Hall–Kier alpha value is -2.70. The van der Waals surface area contributed by atoms with Gasteiger partial charge >= 0.3 is 5.97 Å². The van der Waals surface area contributed by atoms with Crippen molar-refractivity contribution in [1.29, 1.82) is 0 Å². The summed E-state index contributed by atoms with van der Waals surface area (Å²) < 4.78 is 5.24. The summed E-state index contributed by atoms with van der Waals surface area (Å²) in [4.78, 5) is 52.4. The summed E-state index contributed by atoms with van der Waals surface area (Å²) in [5.74, 6) is -2.01. The zero-order valence-corrected chi connectivity index (χ0v) is 17.6. The number of esters is 1. The molecule has 0 unspecified atom stereocenters. The lowest BCUT2D eigenvalue weighted by Crippen LogP contribution is -2.50. The largest absolute Gasteiger partial charge is 0.454 e. The van der Waals surface area contributed by atoms with Gasteiger partial charge in [-0.05, 0) is 55.6 Å². The molecule has 1 aliphatic heterocycles. The molecule has 30 heavy (non-hydrogen) atoms. The van der Waals surface area contributed by atoms with Crippen molar-refractivity contribution in [3.8, 4) is 0 Å². The molecule has 7 nitrogen and oxygen atoms in total. The van der Waals surface area contributed by atoms with Crippen LogP contribution in [0.1, 0.15) is 38.7 Å². The molecule has 1 heterocycles. The highest BCUT2D eigenvalue weighted by Gasteiger charge is 2.62. The first kappa shape index (κ1) is 20.6. The first-order chi connectivity index (χ1) is 14.3. The molecule has 7 heteroatoms. The second-order valence-corrected chi connectivity index (χ2v) is 9.09. The van der Waals surface area contributed by atoms with Crippen LogP contribution in [0, 0.1) is 36.5 Å². The van der Waals surface area contributed by atoms with Crippen LogP contribution in [-0.2, 0) is 23.9 Å². The van der Waals surface area contributed by atoms with Gasteiger partial charge in [0.2, 0.25) is 11.8 Å². The van der Waals surface area contributed by atoms with Gasteiger partial charge in [0.05, 0.1) is 11.8 Å². The van der Waals surface area contributed by atoms with Crippen LogP contribution in [-0.4, -0.2) is 41.2 Å². The van der Waals surface area contributed by atoms with Crippen molar-refractivity contribution in [2.24, 2.45) is 29.6 Å². The number of carbonyl (C=O) groups is 4. The van der Waals surface area contributed by atoms with E-state index < -0.39 is 24.5 Å². The molecule has 4 rings (SSSR count). The normalized spacial score (nSPS) is 28.1. The summed E-state index contributed by atoms with van der Waals surface area (Å²) in [5.41, 5.74) is 1.54. The number of hydrogen-bond donors (Lipinski definition) is 1. The lowest BCUT2D eigenvalue weighted by molar-refractivity contribution is -0.162. The summed E-state index contributed by atoms with van der Waals surface area (Å²) in [6.45, 7) is 4.96. The van der Waals surface area contributed by atoms with Crippen molar-refractivity contribution >= 4 is 29.4 Å². The Balaban J connectivity index is 1.42. The molecule has 5 atom stereocenters. The standard InChI is InChI=1S/C23H28N2O5/c1-12(2)20(23(29)30-11-17(26)24-16-7-5-4-6-13(16)3)25-21(27)18-14-8-9-15(10-14)19(18)22(25)28/h4-7,12,14-15,18-20H,8-11H2,1-3H3,(H,24,26)/t14-,15+,18-,19-,20-/m0/s1. The average Bonchev–Trinajstić information content (AvgIpc) is 3.38. The molecule has 160 valence electrons. The third-order valence-electron chi connectivity index (χ3n) is 6.88. The molecule has 1 aromatic rings. The third kappa shape index (κ3) is 3.40. The van der Waals surface area contributed by atoms with Crippen LogP contribution in [0.15, 0.2) is 24.3 Å². The highest BCUT2D eigenvalue weighted by atomic mass is 16.5. The Morgan fingerprint density at radius 1 is 1.10 bits per heavy atom. The molecule has 1 saturated heterocycles. The van der Waals surface area contributed by atoms with E-state index in [1.807, 2.05) is 19.1 Å². The van der Waals surface area contributed by atoms with Crippen molar-refractivity contribution in [2.75, 3.05) is 11.9 Å². The number of para-hydroxylation sites is 1. The summed E-state index contributed by atoms with van der Waals surface area (Å²) >= 11 is 0. The average molecular weight is 412 g/mol. The van der Waals surface area contributed by atoms with E-state index in [-0.39, 0.29) is 41.4 Å². The topological polar surface area (TPSA) is 92.8 Å². The van der Waals surface area contributed by atoms with Crippen LogP contribution in [0.5, 0.6) is 0 Å². The maximum Gasteiger partial charge on any atom is 0.330 e. The van der Waals surface area contributed by atoms with Crippen LogP contribution < -0.4 is 5.32 Å². The Kier molecular flexibility index (Phi) is 5.38. The van der Waals surface area contributed by atoms with Crippen molar-refractivity contribution in [3.05, 3.63) is 29.8 Å². The van der Waals surface area contributed by atoms with Gasteiger partial charge in [0, 0.05) is 5.69 Å². The number of imide groups is 1. The third-order valence-corrected chi connectivity index (χ3v) is 6.88. The molecular weight excluding hydrogens is 384 g/mol. The summed E-state index contributed by atoms with van der Waals surface area (Å²) in [7, 11) is 0. The number of carbonyl (C=O) groups excluding carboxylic acids is 4. The molecule has 3 amide bonds. The van der Waals surface area contributed by atoms with Gasteiger partial charge in [-0.2, -0.15) is 0 Å². The monoisotopic (exact) mass is 412 g/mol. The van der Waals surface area contributed by atoms with Crippen molar-refractivity contribution in [2.45, 2.75) is 46.1 Å². The number of amides is 3. The smallest absolute Gasteiger partial charge is 0.330 e. The number of rotatable bonds is 6. The lowest BCUT2D eigenvalue weighted by Gasteiger charge is -2.28.